The summed E-state index contributed by atoms with van der Waals surface area (Å²) in [5.74, 6) is 0.503. The third-order valence-electron chi connectivity index (χ3n) is 6.41. The van der Waals surface area contributed by atoms with Gasteiger partial charge in [0.15, 0.2) is 0 Å². The number of nitrogens with zero attached hydrogens (tertiary/aromatic N) is 3. The molecule has 3 heterocycles. The van der Waals surface area contributed by atoms with Crippen LogP contribution in [0, 0.1) is 12.8 Å². The minimum atomic E-state index is -0.507. The molecule has 0 aliphatic carbocycles. The summed E-state index contributed by atoms with van der Waals surface area (Å²) >= 11 is 1.16. The molecule has 30 heavy (non-hydrogen) atoms. The van der Waals surface area contributed by atoms with Gasteiger partial charge in [-0.1, -0.05) is 34.8 Å². The van der Waals surface area contributed by atoms with E-state index in [0.717, 1.165) is 29.9 Å². The summed E-state index contributed by atoms with van der Waals surface area (Å²) in [6.07, 6.45) is 3.19. The molecule has 2 saturated heterocycles. The first-order chi connectivity index (χ1) is 14.6. The zero-order valence-electron chi connectivity index (χ0n) is 17.3. The Morgan fingerprint density at radius 2 is 1.90 bits per heavy atom. The molecular weight excluding hydrogens is 400 g/mol. The highest BCUT2D eigenvalue weighted by Gasteiger charge is 2.41. The molecule has 0 unspecified atom stereocenters. The fraction of sp³-hybridized carbons (Fsp3) is 0.545. The zero-order chi connectivity index (χ0) is 21.0. The van der Waals surface area contributed by atoms with Gasteiger partial charge in [0.2, 0.25) is 5.91 Å². The number of amides is 2. The standard InChI is InChI=1S/C22H28N4O3S/c1-16-19(30-25-24-16)20(27)26-11-7-17(8-12-26)15-23-21(28)22(9-13-29-14-10-22)18-5-3-2-4-6-18/h2-6,17H,7-15H2,1H3,(H,23,28). The number of hydrogen-bond acceptors (Lipinski definition) is 6. The van der Waals surface area contributed by atoms with Crippen molar-refractivity contribution in [3.8, 4) is 0 Å². The molecule has 2 aromatic rings. The molecular formula is C22H28N4O3S. The van der Waals surface area contributed by atoms with E-state index in [2.05, 4.69) is 14.9 Å². The first-order valence-corrected chi connectivity index (χ1v) is 11.4. The van der Waals surface area contributed by atoms with Gasteiger partial charge in [-0.25, -0.2) is 0 Å². The number of aryl methyl sites for hydroxylation is 1. The summed E-state index contributed by atoms with van der Waals surface area (Å²) in [5, 5.41) is 7.16. The van der Waals surface area contributed by atoms with Crippen LogP contribution in [0.4, 0.5) is 0 Å². The van der Waals surface area contributed by atoms with Crippen LogP contribution in [0.25, 0.3) is 0 Å². The maximum atomic E-state index is 13.3. The second-order valence-electron chi connectivity index (χ2n) is 8.19. The predicted molar refractivity (Wildman–Crippen MR) is 114 cm³/mol. The minimum Gasteiger partial charge on any atom is -0.381 e. The van der Waals surface area contributed by atoms with Crippen LogP contribution in [0.15, 0.2) is 30.3 Å². The highest BCUT2D eigenvalue weighted by molar-refractivity contribution is 7.07. The summed E-state index contributed by atoms with van der Waals surface area (Å²) in [6.45, 7) is 5.08. The number of likely N-dealkylation sites (tertiary alicyclic amines) is 1. The summed E-state index contributed by atoms with van der Waals surface area (Å²) in [6, 6.07) is 10.1. The Bertz CT molecular complexity index is 872. The molecule has 0 radical (unpaired) electrons. The van der Waals surface area contributed by atoms with Crippen molar-refractivity contribution in [2.75, 3.05) is 32.8 Å². The second kappa shape index (κ2) is 9.22. The van der Waals surface area contributed by atoms with Crippen molar-refractivity contribution in [1.29, 1.82) is 0 Å². The number of aromatic nitrogens is 2. The monoisotopic (exact) mass is 428 g/mol. The molecule has 2 aliphatic heterocycles. The predicted octanol–water partition coefficient (Wildman–Crippen LogP) is 2.56. The van der Waals surface area contributed by atoms with Crippen LogP contribution in [-0.4, -0.2) is 59.1 Å². The van der Waals surface area contributed by atoms with Crippen LogP contribution < -0.4 is 5.32 Å². The van der Waals surface area contributed by atoms with Crippen LogP contribution in [0.3, 0.4) is 0 Å². The highest BCUT2D eigenvalue weighted by Crippen LogP contribution is 2.35. The maximum Gasteiger partial charge on any atom is 0.267 e. The van der Waals surface area contributed by atoms with Crippen molar-refractivity contribution in [3.63, 3.8) is 0 Å². The van der Waals surface area contributed by atoms with Gasteiger partial charge in [-0.2, -0.15) is 0 Å². The smallest absolute Gasteiger partial charge is 0.267 e. The SMILES string of the molecule is Cc1nnsc1C(=O)N1CCC(CNC(=O)C2(c3ccccc3)CCOCC2)CC1. The fourth-order valence-corrected chi connectivity index (χ4v) is 5.07. The van der Waals surface area contributed by atoms with E-state index in [1.54, 1.807) is 0 Å². The van der Waals surface area contributed by atoms with Gasteiger partial charge in [-0.3, -0.25) is 9.59 Å². The van der Waals surface area contributed by atoms with E-state index in [9.17, 15) is 9.59 Å². The first-order valence-electron chi connectivity index (χ1n) is 10.6. The zero-order valence-corrected chi connectivity index (χ0v) is 18.1. The lowest BCUT2D eigenvalue weighted by atomic mass is 9.73. The average molecular weight is 429 g/mol. The van der Waals surface area contributed by atoms with E-state index in [-0.39, 0.29) is 11.8 Å². The Hall–Kier alpha value is -2.32. The average Bonchev–Trinajstić information content (AvgIpc) is 3.24. The molecule has 8 heteroatoms. The lowest BCUT2D eigenvalue weighted by molar-refractivity contribution is -0.130. The summed E-state index contributed by atoms with van der Waals surface area (Å²) in [5.41, 5.74) is 1.26. The number of ether oxygens (including phenoxy) is 1. The van der Waals surface area contributed by atoms with E-state index < -0.39 is 5.41 Å². The quantitative estimate of drug-likeness (QED) is 0.791. The van der Waals surface area contributed by atoms with Crippen LogP contribution in [-0.2, 0) is 14.9 Å². The number of rotatable bonds is 5. The minimum absolute atomic E-state index is 0.0234. The van der Waals surface area contributed by atoms with Crippen molar-refractivity contribution in [1.82, 2.24) is 19.8 Å². The van der Waals surface area contributed by atoms with E-state index in [1.165, 1.54) is 0 Å². The van der Waals surface area contributed by atoms with Crippen molar-refractivity contribution < 1.29 is 14.3 Å². The lowest BCUT2D eigenvalue weighted by Gasteiger charge is -2.37. The van der Waals surface area contributed by atoms with Crippen molar-refractivity contribution in [2.45, 2.75) is 38.0 Å². The molecule has 0 saturated carbocycles. The Balaban J connectivity index is 1.33. The third kappa shape index (κ3) is 4.25. The molecule has 4 rings (SSSR count). The Morgan fingerprint density at radius 1 is 1.20 bits per heavy atom. The van der Waals surface area contributed by atoms with E-state index in [4.69, 9.17) is 4.74 Å². The summed E-state index contributed by atoms with van der Waals surface area (Å²) < 4.78 is 9.40. The topological polar surface area (TPSA) is 84.4 Å². The number of benzene rings is 1. The normalized spacial score (nSPS) is 19.4. The molecule has 1 aromatic carbocycles. The fourth-order valence-electron chi connectivity index (χ4n) is 4.44. The molecule has 1 aromatic heterocycles. The van der Waals surface area contributed by atoms with Gasteiger partial charge in [0.25, 0.3) is 5.91 Å². The third-order valence-corrected chi connectivity index (χ3v) is 7.22. The molecule has 1 N–H and O–H groups in total. The first kappa shape index (κ1) is 20.9. The van der Waals surface area contributed by atoms with Gasteiger partial charge in [0, 0.05) is 32.8 Å². The molecule has 2 amide bonds. The van der Waals surface area contributed by atoms with E-state index >= 15 is 0 Å². The maximum absolute atomic E-state index is 13.3. The van der Waals surface area contributed by atoms with Gasteiger partial charge < -0.3 is 15.0 Å². The van der Waals surface area contributed by atoms with Crippen LogP contribution >= 0.6 is 11.5 Å². The van der Waals surface area contributed by atoms with E-state index in [0.29, 0.717) is 62.2 Å². The van der Waals surface area contributed by atoms with E-state index in [1.807, 2.05) is 42.2 Å². The molecule has 7 nitrogen and oxygen atoms in total. The van der Waals surface area contributed by atoms with Gasteiger partial charge in [0.05, 0.1) is 11.1 Å². The summed E-state index contributed by atoms with van der Waals surface area (Å²) in [7, 11) is 0. The van der Waals surface area contributed by atoms with Crippen molar-refractivity contribution in [2.24, 2.45) is 5.92 Å². The Labute approximate surface area is 181 Å². The van der Waals surface area contributed by atoms with Gasteiger partial charge in [-0.05, 0) is 55.6 Å². The van der Waals surface area contributed by atoms with Gasteiger partial charge in [-0.15, -0.1) is 5.10 Å². The van der Waals surface area contributed by atoms with Crippen molar-refractivity contribution in [3.05, 3.63) is 46.5 Å². The molecule has 2 aliphatic rings. The van der Waals surface area contributed by atoms with Crippen LogP contribution in [0.5, 0.6) is 0 Å². The number of nitrogens with one attached hydrogen (secondary N) is 1. The van der Waals surface area contributed by atoms with Crippen LogP contribution in [0.1, 0.15) is 46.6 Å². The lowest BCUT2D eigenvalue weighted by Crippen LogP contribution is -2.50. The largest absolute Gasteiger partial charge is 0.381 e. The Morgan fingerprint density at radius 3 is 2.53 bits per heavy atom. The molecule has 0 atom stereocenters. The Kier molecular flexibility index (Phi) is 6.43. The van der Waals surface area contributed by atoms with Crippen molar-refractivity contribution >= 4 is 23.3 Å². The number of piperidine rings is 1. The second-order valence-corrected chi connectivity index (χ2v) is 8.95. The molecule has 0 bridgehead atoms. The van der Waals surface area contributed by atoms with Gasteiger partial charge >= 0.3 is 0 Å². The molecule has 0 spiro atoms. The highest BCUT2D eigenvalue weighted by atomic mass is 32.1. The van der Waals surface area contributed by atoms with Gasteiger partial charge in [0.1, 0.15) is 4.88 Å². The number of carbonyl (C=O) groups excluding carboxylic acids is 2. The molecule has 2 fully saturated rings. The molecule has 160 valence electrons. The number of hydrogen-bond donors (Lipinski definition) is 1. The number of carbonyl (C=O) groups is 2. The summed E-state index contributed by atoms with van der Waals surface area (Å²) in [4.78, 5) is 28.4. The van der Waals surface area contributed by atoms with Crippen LogP contribution in [0.2, 0.25) is 0 Å².